The molecule has 0 radical (unpaired) electrons. The van der Waals surface area contributed by atoms with Crippen molar-refractivity contribution in [2.24, 2.45) is 5.92 Å². The lowest BCUT2D eigenvalue weighted by atomic mass is 10.0. The van der Waals surface area contributed by atoms with Gasteiger partial charge in [0.15, 0.2) is 5.78 Å². The van der Waals surface area contributed by atoms with Gasteiger partial charge in [-0.25, -0.2) is 0 Å². The Morgan fingerprint density at radius 1 is 1.00 bits per heavy atom. The van der Waals surface area contributed by atoms with Crippen LogP contribution in [0.5, 0.6) is 0 Å². The van der Waals surface area contributed by atoms with E-state index >= 15 is 0 Å². The minimum Gasteiger partial charge on any atom is -0.294 e. The number of hydrogen-bond acceptors (Lipinski definition) is 1. The zero-order chi connectivity index (χ0) is 14.3. The molecule has 1 aromatic rings. The molecule has 0 bridgehead atoms. The van der Waals surface area contributed by atoms with E-state index < -0.39 is 0 Å². The third kappa shape index (κ3) is 5.11. The molecule has 1 nitrogen and oxygen atoms in total. The largest absolute Gasteiger partial charge is 0.294 e. The van der Waals surface area contributed by atoms with Crippen LogP contribution in [-0.2, 0) is 0 Å². The summed E-state index contributed by atoms with van der Waals surface area (Å²) in [5.74, 6) is 1.77. The van der Waals surface area contributed by atoms with E-state index in [0.29, 0.717) is 18.1 Å². The SMILES string of the molecule is C.CC.CC1CC(=O)c2ccccc21.CC1CCCC1. The highest BCUT2D eigenvalue weighted by atomic mass is 16.1. The zero-order valence-electron chi connectivity index (χ0n) is 12.9. The smallest absolute Gasteiger partial charge is 0.163 e. The maximum absolute atomic E-state index is 11.3. The summed E-state index contributed by atoms with van der Waals surface area (Å²) in [6.07, 6.45) is 6.64. The molecule has 20 heavy (non-hydrogen) atoms. The molecular formula is C19H32O. The first-order valence-corrected chi connectivity index (χ1v) is 7.80. The minimum absolute atomic E-state index is 0. The summed E-state index contributed by atoms with van der Waals surface area (Å²) < 4.78 is 0. The number of hydrogen-bond donors (Lipinski definition) is 0. The van der Waals surface area contributed by atoms with Crippen LogP contribution in [0.2, 0.25) is 0 Å². The molecule has 0 amide bonds. The summed E-state index contributed by atoms with van der Waals surface area (Å²) in [6, 6.07) is 7.88. The van der Waals surface area contributed by atoms with Gasteiger partial charge in [0, 0.05) is 12.0 Å². The molecule has 0 N–H and O–H groups in total. The normalized spacial score (nSPS) is 20.0. The molecule has 0 saturated heterocycles. The van der Waals surface area contributed by atoms with Crippen molar-refractivity contribution in [1.82, 2.24) is 0 Å². The average molecular weight is 276 g/mol. The number of carbonyl (C=O) groups is 1. The van der Waals surface area contributed by atoms with Crippen molar-refractivity contribution < 1.29 is 4.79 Å². The van der Waals surface area contributed by atoms with Crippen LogP contribution in [0.25, 0.3) is 0 Å². The molecule has 0 aliphatic heterocycles. The van der Waals surface area contributed by atoms with Crippen LogP contribution in [0.15, 0.2) is 24.3 Å². The van der Waals surface area contributed by atoms with Gasteiger partial charge in [0.1, 0.15) is 0 Å². The van der Waals surface area contributed by atoms with E-state index in [4.69, 9.17) is 0 Å². The first-order valence-electron chi connectivity index (χ1n) is 7.80. The van der Waals surface area contributed by atoms with Gasteiger partial charge in [-0.1, -0.05) is 85.1 Å². The topological polar surface area (TPSA) is 17.1 Å². The van der Waals surface area contributed by atoms with E-state index in [1.807, 2.05) is 38.1 Å². The second-order valence-corrected chi connectivity index (χ2v) is 5.51. The molecule has 0 spiro atoms. The van der Waals surface area contributed by atoms with Crippen LogP contribution in [0.4, 0.5) is 0 Å². The van der Waals surface area contributed by atoms with Crippen molar-refractivity contribution in [2.75, 3.05) is 0 Å². The summed E-state index contributed by atoms with van der Waals surface area (Å²) in [6.45, 7) is 8.44. The second-order valence-electron chi connectivity index (χ2n) is 5.51. The molecule has 1 heteroatoms. The van der Waals surface area contributed by atoms with E-state index in [1.165, 1.54) is 31.2 Å². The minimum atomic E-state index is 0. The highest BCUT2D eigenvalue weighted by molar-refractivity contribution is 6.01. The van der Waals surface area contributed by atoms with Gasteiger partial charge in [-0.3, -0.25) is 4.79 Å². The molecule has 1 atom stereocenters. The predicted molar refractivity (Wildman–Crippen MR) is 89.5 cm³/mol. The Morgan fingerprint density at radius 3 is 2.00 bits per heavy atom. The highest BCUT2D eigenvalue weighted by Crippen LogP contribution is 2.31. The zero-order valence-corrected chi connectivity index (χ0v) is 12.9. The van der Waals surface area contributed by atoms with Gasteiger partial charge in [0.2, 0.25) is 0 Å². The van der Waals surface area contributed by atoms with Crippen molar-refractivity contribution in [2.45, 2.75) is 73.1 Å². The third-order valence-electron chi connectivity index (χ3n) is 3.93. The Kier molecular flexibility index (Phi) is 9.20. The highest BCUT2D eigenvalue weighted by Gasteiger charge is 2.24. The van der Waals surface area contributed by atoms with Gasteiger partial charge in [0.25, 0.3) is 0 Å². The van der Waals surface area contributed by atoms with Crippen LogP contribution >= 0.6 is 0 Å². The second kappa shape index (κ2) is 9.74. The van der Waals surface area contributed by atoms with Crippen molar-refractivity contribution in [3.8, 4) is 0 Å². The fraction of sp³-hybridized carbons (Fsp3) is 0.632. The van der Waals surface area contributed by atoms with Crippen LogP contribution in [-0.4, -0.2) is 5.78 Å². The fourth-order valence-electron chi connectivity index (χ4n) is 2.81. The van der Waals surface area contributed by atoms with Crippen molar-refractivity contribution >= 4 is 5.78 Å². The van der Waals surface area contributed by atoms with E-state index in [0.717, 1.165) is 11.5 Å². The molecule has 114 valence electrons. The summed E-state index contributed by atoms with van der Waals surface area (Å²) in [5.41, 5.74) is 2.15. The quantitative estimate of drug-likeness (QED) is 0.548. The Labute approximate surface area is 125 Å². The number of ketones is 1. The molecule has 0 aromatic heterocycles. The van der Waals surface area contributed by atoms with Crippen LogP contribution in [0.3, 0.4) is 0 Å². The van der Waals surface area contributed by atoms with Crippen LogP contribution in [0.1, 0.15) is 89.1 Å². The van der Waals surface area contributed by atoms with Crippen LogP contribution in [0, 0.1) is 5.92 Å². The summed E-state index contributed by atoms with van der Waals surface area (Å²) in [4.78, 5) is 11.3. The molecule has 1 unspecified atom stereocenters. The monoisotopic (exact) mass is 276 g/mol. The lowest BCUT2D eigenvalue weighted by Crippen LogP contribution is -1.89. The standard InChI is InChI=1S/C10H10O.C6H12.C2H6.CH4/c1-7-6-10(11)9-5-3-2-4-8(7)9;1-6-4-2-3-5-6;1-2;/h2-5,7H,6H2,1H3;6H,2-5H2,1H3;1-2H3;1H4. The Hall–Kier alpha value is -1.11. The van der Waals surface area contributed by atoms with E-state index in [1.54, 1.807) is 0 Å². The Morgan fingerprint density at radius 2 is 1.55 bits per heavy atom. The van der Waals surface area contributed by atoms with Gasteiger partial charge in [0.05, 0.1) is 0 Å². The van der Waals surface area contributed by atoms with Crippen molar-refractivity contribution in [1.29, 1.82) is 0 Å². The van der Waals surface area contributed by atoms with Gasteiger partial charge >= 0.3 is 0 Å². The molecule has 1 fully saturated rings. The molecule has 3 rings (SSSR count). The van der Waals surface area contributed by atoms with Gasteiger partial charge in [-0.15, -0.1) is 0 Å². The number of benzene rings is 1. The Balaban J connectivity index is 0.000000345. The van der Waals surface area contributed by atoms with Gasteiger partial charge in [-0.2, -0.15) is 0 Å². The summed E-state index contributed by atoms with van der Waals surface area (Å²) >= 11 is 0. The molecular weight excluding hydrogens is 244 g/mol. The summed E-state index contributed by atoms with van der Waals surface area (Å²) in [5, 5.41) is 0. The van der Waals surface area contributed by atoms with Gasteiger partial charge < -0.3 is 0 Å². The molecule has 2 aliphatic carbocycles. The van der Waals surface area contributed by atoms with Crippen LogP contribution < -0.4 is 0 Å². The fourth-order valence-corrected chi connectivity index (χ4v) is 2.81. The average Bonchev–Trinajstić information content (AvgIpc) is 3.02. The van der Waals surface area contributed by atoms with E-state index in [-0.39, 0.29) is 7.43 Å². The number of rotatable bonds is 0. The van der Waals surface area contributed by atoms with Crippen molar-refractivity contribution in [3.63, 3.8) is 0 Å². The predicted octanol–water partition coefficient (Wildman–Crippen LogP) is 6.24. The molecule has 2 aliphatic rings. The summed E-state index contributed by atoms with van der Waals surface area (Å²) in [7, 11) is 0. The van der Waals surface area contributed by atoms with Gasteiger partial charge in [-0.05, 0) is 17.4 Å². The maximum Gasteiger partial charge on any atom is 0.163 e. The Bertz CT molecular complexity index is 389. The maximum atomic E-state index is 11.3. The first kappa shape index (κ1) is 18.9. The molecule has 1 saturated carbocycles. The number of Topliss-reactive ketones (excluding diaryl/α,β-unsaturated/α-hetero) is 1. The lowest BCUT2D eigenvalue weighted by molar-refractivity contribution is 0.0990. The molecule has 0 heterocycles. The molecule has 1 aromatic carbocycles. The van der Waals surface area contributed by atoms with E-state index in [2.05, 4.69) is 13.8 Å². The lowest BCUT2D eigenvalue weighted by Gasteiger charge is -1.99. The number of fused-ring (bicyclic) bond motifs is 1. The van der Waals surface area contributed by atoms with Crippen molar-refractivity contribution in [3.05, 3.63) is 35.4 Å². The third-order valence-corrected chi connectivity index (χ3v) is 3.93. The van der Waals surface area contributed by atoms with E-state index in [9.17, 15) is 4.79 Å². The first-order chi connectivity index (χ1) is 9.18. The number of carbonyl (C=O) groups excluding carboxylic acids is 1.